The second-order valence-electron chi connectivity index (χ2n) is 4.00. The van der Waals surface area contributed by atoms with Crippen molar-refractivity contribution < 1.29 is 0 Å². The molecule has 0 N–H and O–H groups in total. The molecule has 3 heterocycles. The summed E-state index contributed by atoms with van der Waals surface area (Å²) in [7, 11) is 2.13. The molecule has 1 aliphatic rings. The van der Waals surface area contributed by atoms with E-state index in [9.17, 15) is 0 Å². The van der Waals surface area contributed by atoms with Gasteiger partial charge in [0.2, 0.25) is 0 Å². The molecule has 0 spiro atoms. The highest BCUT2D eigenvalue weighted by Gasteiger charge is 2.24. The molecule has 0 amide bonds. The molecule has 5 heteroatoms. The van der Waals surface area contributed by atoms with Gasteiger partial charge in [-0.2, -0.15) is 0 Å². The van der Waals surface area contributed by atoms with E-state index in [4.69, 9.17) is 0 Å². The van der Waals surface area contributed by atoms with Gasteiger partial charge in [-0.25, -0.2) is 4.68 Å². The normalized spacial score (nSPS) is 22.6. The van der Waals surface area contributed by atoms with Crippen LogP contribution in [0.4, 0.5) is 0 Å². The van der Waals surface area contributed by atoms with Crippen LogP contribution in [0.2, 0.25) is 0 Å². The first kappa shape index (κ1) is 8.79. The second-order valence-corrected chi connectivity index (χ2v) is 4.00. The van der Waals surface area contributed by atoms with Crippen molar-refractivity contribution in [3.8, 4) is 0 Å². The van der Waals surface area contributed by atoms with Crippen LogP contribution < -0.4 is 0 Å². The first-order valence-electron chi connectivity index (χ1n) is 5.21. The minimum absolute atomic E-state index is 0.359. The van der Waals surface area contributed by atoms with Crippen LogP contribution in [0.15, 0.2) is 18.5 Å². The summed E-state index contributed by atoms with van der Waals surface area (Å²) in [5.41, 5.74) is 1.95. The van der Waals surface area contributed by atoms with Gasteiger partial charge in [-0.1, -0.05) is 5.21 Å². The predicted octanol–water partition coefficient (Wildman–Crippen LogP) is 1.05. The van der Waals surface area contributed by atoms with Crippen LogP contribution in [0.5, 0.6) is 0 Å². The first-order valence-corrected chi connectivity index (χ1v) is 5.21. The number of fused-ring (bicyclic) bond motifs is 1. The topological polar surface area (TPSA) is 46.8 Å². The van der Waals surface area contributed by atoms with E-state index in [2.05, 4.69) is 27.2 Å². The van der Waals surface area contributed by atoms with Crippen LogP contribution in [-0.4, -0.2) is 38.5 Å². The average molecular weight is 203 g/mol. The molecule has 1 saturated heterocycles. The third kappa shape index (κ3) is 1.31. The number of hydrogen-bond acceptors (Lipinski definition) is 4. The van der Waals surface area contributed by atoms with Gasteiger partial charge in [-0.3, -0.25) is 9.88 Å². The molecule has 0 bridgehead atoms. The highest BCUT2D eigenvalue weighted by molar-refractivity contribution is 5.72. The molecule has 1 unspecified atom stereocenters. The van der Waals surface area contributed by atoms with Crippen molar-refractivity contribution in [2.75, 3.05) is 13.6 Å². The number of aromatic nitrogens is 4. The molecule has 0 saturated carbocycles. The molecule has 0 aromatic carbocycles. The van der Waals surface area contributed by atoms with Gasteiger partial charge in [0, 0.05) is 6.20 Å². The van der Waals surface area contributed by atoms with Gasteiger partial charge < -0.3 is 0 Å². The number of rotatable bonds is 1. The van der Waals surface area contributed by atoms with E-state index in [1.165, 1.54) is 6.42 Å². The maximum Gasteiger partial charge on any atom is 0.131 e. The van der Waals surface area contributed by atoms with Crippen LogP contribution in [0.3, 0.4) is 0 Å². The number of hydrogen-bond donors (Lipinski definition) is 0. The highest BCUT2D eigenvalue weighted by atomic mass is 15.5. The van der Waals surface area contributed by atoms with Crippen LogP contribution in [0, 0.1) is 0 Å². The summed E-state index contributed by atoms with van der Waals surface area (Å²) in [6, 6.07) is 1.97. The Balaban J connectivity index is 2.10. The Bertz CT molecular complexity index is 477. The van der Waals surface area contributed by atoms with Crippen LogP contribution in [0.1, 0.15) is 19.0 Å². The van der Waals surface area contributed by atoms with E-state index in [-0.39, 0.29) is 0 Å². The van der Waals surface area contributed by atoms with Crippen molar-refractivity contribution in [2.24, 2.45) is 0 Å². The van der Waals surface area contributed by atoms with E-state index >= 15 is 0 Å². The molecule has 1 atom stereocenters. The lowest BCUT2D eigenvalue weighted by atomic mass is 10.3. The maximum absolute atomic E-state index is 4.21. The molecule has 78 valence electrons. The van der Waals surface area contributed by atoms with Crippen molar-refractivity contribution in [2.45, 2.75) is 19.0 Å². The molecule has 2 aromatic rings. The monoisotopic (exact) mass is 203 g/mol. The molecule has 5 nitrogen and oxygen atoms in total. The Morgan fingerprint density at radius 2 is 2.40 bits per heavy atom. The van der Waals surface area contributed by atoms with Gasteiger partial charge in [0.05, 0.1) is 11.7 Å². The standard InChI is InChI=1S/C10H13N5/c1-14-6-2-3-10(14)15-9-4-5-11-7-8(9)12-13-15/h4-5,7,10H,2-3,6H2,1H3. The van der Waals surface area contributed by atoms with Crippen LogP contribution >= 0.6 is 0 Å². The lowest BCUT2D eigenvalue weighted by Gasteiger charge is -2.19. The van der Waals surface area contributed by atoms with Gasteiger partial charge in [-0.15, -0.1) is 5.10 Å². The van der Waals surface area contributed by atoms with Gasteiger partial charge in [0.25, 0.3) is 0 Å². The van der Waals surface area contributed by atoms with Gasteiger partial charge in [-0.05, 0) is 32.5 Å². The first-order chi connectivity index (χ1) is 7.36. The summed E-state index contributed by atoms with van der Waals surface area (Å²) in [6.45, 7) is 1.14. The van der Waals surface area contributed by atoms with Crippen molar-refractivity contribution in [1.82, 2.24) is 24.9 Å². The van der Waals surface area contributed by atoms with Gasteiger partial charge in [0.1, 0.15) is 11.7 Å². The fourth-order valence-electron chi connectivity index (χ4n) is 2.22. The third-order valence-electron chi connectivity index (χ3n) is 3.04. The number of nitrogens with zero attached hydrogens (tertiary/aromatic N) is 5. The van der Waals surface area contributed by atoms with Crippen LogP contribution in [-0.2, 0) is 0 Å². The van der Waals surface area contributed by atoms with E-state index in [0.717, 1.165) is 24.0 Å². The van der Waals surface area contributed by atoms with Crippen molar-refractivity contribution in [1.29, 1.82) is 0 Å². The lowest BCUT2D eigenvalue weighted by Crippen LogP contribution is -2.23. The van der Waals surface area contributed by atoms with Crippen molar-refractivity contribution in [3.05, 3.63) is 18.5 Å². The summed E-state index contributed by atoms with van der Waals surface area (Å²) in [4.78, 5) is 6.36. The predicted molar refractivity (Wildman–Crippen MR) is 56.2 cm³/mol. The highest BCUT2D eigenvalue weighted by Crippen LogP contribution is 2.26. The molecule has 0 radical (unpaired) electrons. The number of likely N-dealkylation sites (tertiary alicyclic amines) is 1. The fourth-order valence-corrected chi connectivity index (χ4v) is 2.22. The zero-order chi connectivity index (χ0) is 10.3. The second kappa shape index (κ2) is 3.27. The summed E-state index contributed by atoms with van der Waals surface area (Å²) in [5.74, 6) is 0. The van der Waals surface area contributed by atoms with Crippen LogP contribution in [0.25, 0.3) is 11.0 Å². The third-order valence-corrected chi connectivity index (χ3v) is 3.04. The maximum atomic E-state index is 4.21. The minimum Gasteiger partial charge on any atom is -0.285 e. The summed E-state index contributed by atoms with van der Waals surface area (Å²) >= 11 is 0. The molecule has 15 heavy (non-hydrogen) atoms. The fraction of sp³-hybridized carbons (Fsp3) is 0.500. The SMILES string of the molecule is CN1CCCC1n1nnc2cnccc21. The molecular weight excluding hydrogens is 190 g/mol. The average Bonchev–Trinajstić information content (AvgIpc) is 2.83. The smallest absolute Gasteiger partial charge is 0.131 e. The number of pyridine rings is 1. The molecule has 3 rings (SSSR count). The molecule has 2 aromatic heterocycles. The zero-order valence-corrected chi connectivity index (χ0v) is 8.67. The summed E-state index contributed by atoms with van der Waals surface area (Å²) in [6.07, 6.45) is 6.29. The summed E-state index contributed by atoms with van der Waals surface area (Å²) < 4.78 is 2.00. The van der Waals surface area contributed by atoms with Gasteiger partial charge in [0.15, 0.2) is 0 Å². The molecule has 0 aliphatic carbocycles. The Kier molecular flexibility index (Phi) is 1.92. The van der Waals surface area contributed by atoms with E-state index in [0.29, 0.717) is 6.17 Å². The quantitative estimate of drug-likeness (QED) is 0.695. The molecule has 1 fully saturated rings. The van der Waals surface area contributed by atoms with Crippen molar-refractivity contribution >= 4 is 11.0 Å². The van der Waals surface area contributed by atoms with E-state index in [1.54, 1.807) is 12.4 Å². The molecular formula is C10H13N5. The Morgan fingerprint density at radius 1 is 1.47 bits per heavy atom. The lowest BCUT2D eigenvalue weighted by molar-refractivity contribution is 0.223. The molecule has 1 aliphatic heterocycles. The minimum atomic E-state index is 0.359. The summed E-state index contributed by atoms with van der Waals surface area (Å²) in [5, 5.41) is 8.33. The van der Waals surface area contributed by atoms with E-state index in [1.807, 2.05) is 10.7 Å². The van der Waals surface area contributed by atoms with Gasteiger partial charge >= 0.3 is 0 Å². The Hall–Kier alpha value is -1.49. The zero-order valence-electron chi connectivity index (χ0n) is 8.67. The largest absolute Gasteiger partial charge is 0.285 e. The Morgan fingerprint density at radius 3 is 3.20 bits per heavy atom. The Labute approximate surface area is 87.7 Å². The van der Waals surface area contributed by atoms with E-state index < -0.39 is 0 Å². The van der Waals surface area contributed by atoms with Crippen molar-refractivity contribution in [3.63, 3.8) is 0 Å².